The van der Waals surface area contributed by atoms with E-state index in [-0.39, 0.29) is 0 Å². The first kappa shape index (κ1) is 11.1. The summed E-state index contributed by atoms with van der Waals surface area (Å²) in [4.78, 5) is 2.60. The summed E-state index contributed by atoms with van der Waals surface area (Å²) in [5.41, 5.74) is 4.45. The lowest BCUT2D eigenvalue weighted by Crippen LogP contribution is -2.23. The van der Waals surface area contributed by atoms with Gasteiger partial charge in [-0.2, -0.15) is 0 Å². The first-order chi connectivity index (χ1) is 8.28. The third kappa shape index (κ3) is 2.19. The molecule has 0 radical (unpaired) electrons. The SMILES string of the molecule is CNC(C)c1ccc2c(c1)N(CC1CC1)CC2. The second-order valence-corrected chi connectivity index (χ2v) is 5.54. The van der Waals surface area contributed by atoms with Crippen LogP contribution in [0, 0.1) is 5.92 Å². The standard InChI is InChI=1S/C15H22N2/c1-11(16-2)14-6-5-13-7-8-17(15(13)9-14)10-12-3-4-12/h5-6,9,11-12,16H,3-4,7-8,10H2,1-2H3. The predicted octanol–water partition coefficient (Wildman–Crippen LogP) is 2.74. The molecule has 0 spiro atoms. The number of hydrogen-bond donors (Lipinski definition) is 1. The van der Waals surface area contributed by atoms with Gasteiger partial charge in [0.15, 0.2) is 0 Å². The molecule has 1 aromatic rings. The quantitative estimate of drug-likeness (QED) is 0.855. The summed E-state index contributed by atoms with van der Waals surface area (Å²) in [7, 11) is 2.03. The summed E-state index contributed by atoms with van der Waals surface area (Å²) in [5.74, 6) is 0.978. The fourth-order valence-corrected chi connectivity index (χ4v) is 2.70. The number of nitrogens with zero attached hydrogens (tertiary/aromatic N) is 1. The van der Waals surface area contributed by atoms with Crippen molar-refractivity contribution >= 4 is 5.69 Å². The van der Waals surface area contributed by atoms with Crippen molar-refractivity contribution in [1.29, 1.82) is 0 Å². The molecule has 92 valence electrons. The second-order valence-electron chi connectivity index (χ2n) is 5.54. The summed E-state index contributed by atoms with van der Waals surface area (Å²) in [5, 5.41) is 3.32. The summed E-state index contributed by atoms with van der Waals surface area (Å²) < 4.78 is 0. The van der Waals surface area contributed by atoms with Crippen LogP contribution in [0.5, 0.6) is 0 Å². The lowest BCUT2D eigenvalue weighted by atomic mass is 10.0. The zero-order valence-corrected chi connectivity index (χ0v) is 10.9. The first-order valence-corrected chi connectivity index (χ1v) is 6.83. The van der Waals surface area contributed by atoms with E-state index in [9.17, 15) is 0 Å². The van der Waals surface area contributed by atoms with E-state index < -0.39 is 0 Å². The van der Waals surface area contributed by atoms with Crippen LogP contribution in [0.15, 0.2) is 18.2 Å². The molecule has 0 aromatic heterocycles. The van der Waals surface area contributed by atoms with Gasteiger partial charge in [-0.1, -0.05) is 12.1 Å². The molecular formula is C15H22N2. The summed E-state index contributed by atoms with van der Waals surface area (Å²) in [6.07, 6.45) is 4.12. The molecule has 2 aliphatic rings. The third-order valence-corrected chi connectivity index (χ3v) is 4.21. The largest absolute Gasteiger partial charge is 0.371 e. The van der Waals surface area contributed by atoms with E-state index in [1.807, 2.05) is 7.05 Å². The molecule has 2 heteroatoms. The Morgan fingerprint density at radius 1 is 1.41 bits per heavy atom. The van der Waals surface area contributed by atoms with Gasteiger partial charge < -0.3 is 10.2 Å². The highest BCUT2D eigenvalue weighted by Gasteiger charge is 2.28. The molecule has 17 heavy (non-hydrogen) atoms. The van der Waals surface area contributed by atoms with Crippen molar-refractivity contribution in [1.82, 2.24) is 5.32 Å². The Morgan fingerprint density at radius 3 is 2.94 bits per heavy atom. The van der Waals surface area contributed by atoms with Crippen molar-refractivity contribution < 1.29 is 0 Å². The Kier molecular flexibility index (Phi) is 2.83. The van der Waals surface area contributed by atoms with Gasteiger partial charge in [0.25, 0.3) is 0 Å². The fraction of sp³-hybridized carbons (Fsp3) is 0.600. The maximum atomic E-state index is 3.32. The van der Waals surface area contributed by atoms with Crippen molar-refractivity contribution in [2.24, 2.45) is 5.92 Å². The summed E-state index contributed by atoms with van der Waals surface area (Å²) in [6, 6.07) is 7.45. The van der Waals surface area contributed by atoms with Gasteiger partial charge in [-0.3, -0.25) is 0 Å². The molecule has 1 aliphatic heterocycles. The average molecular weight is 230 g/mol. The molecule has 1 unspecified atom stereocenters. The molecule has 0 amide bonds. The van der Waals surface area contributed by atoms with Crippen LogP contribution in [0.1, 0.15) is 36.9 Å². The van der Waals surface area contributed by atoms with E-state index in [2.05, 4.69) is 35.3 Å². The molecule has 1 aromatic carbocycles. The molecule has 0 bridgehead atoms. The van der Waals surface area contributed by atoms with Crippen LogP contribution in [0.2, 0.25) is 0 Å². The van der Waals surface area contributed by atoms with Crippen molar-refractivity contribution in [2.45, 2.75) is 32.2 Å². The predicted molar refractivity (Wildman–Crippen MR) is 72.6 cm³/mol. The Hall–Kier alpha value is -1.02. The van der Waals surface area contributed by atoms with E-state index in [0.717, 1.165) is 5.92 Å². The smallest absolute Gasteiger partial charge is 0.0402 e. The summed E-state index contributed by atoms with van der Waals surface area (Å²) in [6.45, 7) is 4.73. The van der Waals surface area contributed by atoms with Gasteiger partial charge in [0.05, 0.1) is 0 Å². The Labute approximate surface area is 104 Å². The zero-order chi connectivity index (χ0) is 11.8. The van der Waals surface area contributed by atoms with E-state index >= 15 is 0 Å². The Balaban J connectivity index is 1.84. The van der Waals surface area contributed by atoms with Gasteiger partial charge in [0.2, 0.25) is 0 Å². The van der Waals surface area contributed by atoms with E-state index in [1.54, 1.807) is 0 Å². The van der Waals surface area contributed by atoms with Crippen LogP contribution in [0.4, 0.5) is 5.69 Å². The van der Waals surface area contributed by atoms with Gasteiger partial charge in [0.1, 0.15) is 0 Å². The monoisotopic (exact) mass is 230 g/mol. The minimum absolute atomic E-state index is 0.448. The van der Waals surface area contributed by atoms with Crippen LogP contribution in [-0.2, 0) is 6.42 Å². The summed E-state index contributed by atoms with van der Waals surface area (Å²) >= 11 is 0. The molecule has 1 fully saturated rings. The van der Waals surface area contributed by atoms with Crippen molar-refractivity contribution in [3.63, 3.8) is 0 Å². The number of benzene rings is 1. The molecule has 1 atom stereocenters. The number of rotatable bonds is 4. The molecular weight excluding hydrogens is 208 g/mol. The molecule has 1 saturated carbocycles. The third-order valence-electron chi connectivity index (χ3n) is 4.21. The molecule has 1 heterocycles. The topological polar surface area (TPSA) is 15.3 Å². The van der Waals surface area contributed by atoms with Crippen LogP contribution in [-0.4, -0.2) is 20.1 Å². The highest BCUT2D eigenvalue weighted by molar-refractivity contribution is 5.60. The molecule has 0 saturated heterocycles. The second kappa shape index (κ2) is 4.34. The van der Waals surface area contributed by atoms with Crippen molar-refractivity contribution in [3.05, 3.63) is 29.3 Å². The van der Waals surface area contributed by atoms with E-state index in [4.69, 9.17) is 0 Å². The minimum Gasteiger partial charge on any atom is -0.371 e. The van der Waals surface area contributed by atoms with Crippen LogP contribution in [0.25, 0.3) is 0 Å². The van der Waals surface area contributed by atoms with Crippen molar-refractivity contribution in [2.75, 3.05) is 25.0 Å². The maximum absolute atomic E-state index is 3.32. The fourth-order valence-electron chi connectivity index (χ4n) is 2.70. The number of nitrogens with one attached hydrogen (secondary N) is 1. The Bertz CT molecular complexity index is 409. The van der Waals surface area contributed by atoms with Gasteiger partial charge in [-0.25, -0.2) is 0 Å². The van der Waals surface area contributed by atoms with Crippen LogP contribution < -0.4 is 10.2 Å². The van der Waals surface area contributed by atoms with Crippen molar-refractivity contribution in [3.8, 4) is 0 Å². The molecule has 1 aliphatic carbocycles. The van der Waals surface area contributed by atoms with Gasteiger partial charge in [-0.15, -0.1) is 0 Å². The van der Waals surface area contributed by atoms with Crippen LogP contribution in [0.3, 0.4) is 0 Å². The average Bonchev–Trinajstić information content (AvgIpc) is 3.09. The van der Waals surface area contributed by atoms with Crippen LogP contribution >= 0.6 is 0 Å². The van der Waals surface area contributed by atoms with Gasteiger partial charge in [0, 0.05) is 24.8 Å². The van der Waals surface area contributed by atoms with E-state index in [0.29, 0.717) is 6.04 Å². The minimum atomic E-state index is 0.448. The normalized spacial score (nSPS) is 20.5. The lowest BCUT2D eigenvalue weighted by Gasteiger charge is -2.21. The highest BCUT2D eigenvalue weighted by atomic mass is 15.2. The highest BCUT2D eigenvalue weighted by Crippen LogP contribution is 2.36. The van der Waals surface area contributed by atoms with E-state index in [1.165, 1.54) is 49.2 Å². The lowest BCUT2D eigenvalue weighted by molar-refractivity contribution is 0.652. The Morgan fingerprint density at radius 2 is 2.24 bits per heavy atom. The number of anilines is 1. The molecule has 2 nitrogen and oxygen atoms in total. The number of fused-ring (bicyclic) bond motifs is 1. The number of hydrogen-bond acceptors (Lipinski definition) is 2. The molecule has 1 N–H and O–H groups in total. The van der Waals surface area contributed by atoms with Gasteiger partial charge >= 0.3 is 0 Å². The molecule has 3 rings (SSSR count). The maximum Gasteiger partial charge on any atom is 0.0402 e. The first-order valence-electron chi connectivity index (χ1n) is 6.83. The van der Waals surface area contributed by atoms with Gasteiger partial charge in [-0.05, 0) is 56.3 Å². The zero-order valence-electron chi connectivity index (χ0n) is 10.9.